The lowest BCUT2D eigenvalue weighted by Gasteiger charge is -2.19. The van der Waals surface area contributed by atoms with Gasteiger partial charge in [-0.05, 0) is 18.2 Å². The van der Waals surface area contributed by atoms with Gasteiger partial charge in [-0.1, -0.05) is 6.07 Å². The van der Waals surface area contributed by atoms with Gasteiger partial charge in [-0.25, -0.2) is 0 Å². The molecule has 1 aromatic rings. The molecule has 4 nitrogen and oxygen atoms in total. The van der Waals surface area contributed by atoms with E-state index in [-0.39, 0.29) is 11.9 Å². The Kier molecular flexibility index (Phi) is 2.83. The summed E-state index contributed by atoms with van der Waals surface area (Å²) in [5.41, 5.74) is 7.80. The molecule has 0 bridgehead atoms. The normalized spacial score (nSPS) is 20.3. The lowest BCUT2D eigenvalue weighted by Crippen LogP contribution is -2.28. The highest BCUT2D eigenvalue weighted by Gasteiger charge is 2.27. The number of nitrogens with two attached hydrogens (primary N) is 1. The number of carbonyl (C=O) groups excluding carboxylic acids is 1. The Balaban J connectivity index is 2.27. The van der Waals surface area contributed by atoms with Crippen LogP contribution in [0.25, 0.3) is 0 Å². The third kappa shape index (κ3) is 2.02. The summed E-state index contributed by atoms with van der Waals surface area (Å²) in [6.45, 7) is 0.621. The van der Waals surface area contributed by atoms with Crippen LogP contribution in [0.1, 0.15) is 6.42 Å². The molecule has 1 atom stereocenters. The highest BCUT2D eigenvalue weighted by atomic mass is 16.2. The van der Waals surface area contributed by atoms with Gasteiger partial charge in [0.05, 0.1) is 0 Å². The van der Waals surface area contributed by atoms with Gasteiger partial charge in [-0.2, -0.15) is 0 Å². The van der Waals surface area contributed by atoms with Crippen molar-refractivity contribution in [2.75, 3.05) is 30.4 Å². The van der Waals surface area contributed by atoms with Crippen LogP contribution >= 0.6 is 0 Å². The van der Waals surface area contributed by atoms with E-state index in [0.29, 0.717) is 13.0 Å². The van der Waals surface area contributed by atoms with Crippen molar-refractivity contribution >= 4 is 17.3 Å². The Labute approximate surface area is 95.6 Å². The Hall–Kier alpha value is -1.55. The zero-order valence-electron chi connectivity index (χ0n) is 9.68. The molecule has 1 fully saturated rings. The summed E-state index contributed by atoms with van der Waals surface area (Å²) in [6, 6.07) is 7.90. The van der Waals surface area contributed by atoms with Gasteiger partial charge in [-0.15, -0.1) is 0 Å². The van der Waals surface area contributed by atoms with E-state index < -0.39 is 0 Å². The summed E-state index contributed by atoms with van der Waals surface area (Å²) in [6.07, 6.45) is 0.451. The monoisotopic (exact) mass is 219 g/mol. The largest absolute Gasteiger partial charge is 0.378 e. The first kappa shape index (κ1) is 11.0. The van der Waals surface area contributed by atoms with Gasteiger partial charge >= 0.3 is 0 Å². The van der Waals surface area contributed by atoms with Crippen molar-refractivity contribution in [2.45, 2.75) is 12.5 Å². The van der Waals surface area contributed by atoms with E-state index in [0.717, 1.165) is 11.4 Å². The van der Waals surface area contributed by atoms with E-state index in [9.17, 15) is 4.79 Å². The summed E-state index contributed by atoms with van der Waals surface area (Å²) in [5.74, 6) is 0.114. The van der Waals surface area contributed by atoms with E-state index in [1.165, 1.54) is 0 Å². The van der Waals surface area contributed by atoms with Gasteiger partial charge in [0.2, 0.25) is 5.91 Å². The Morgan fingerprint density at radius 3 is 2.75 bits per heavy atom. The maximum atomic E-state index is 11.7. The van der Waals surface area contributed by atoms with E-state index >= 15 is 0 Å². The first-order chi connectivity index (χ1) is 7.58. The van der Waals surface area contributed by atoms with Gasteiger partial charge in [-0.3, -0.25) is 4.79 Å². The van der Waals surface area contributed by atoms with Gasteiger partial charge < -0.3 is 15.5 Å². The summed E-state index contributed by atoms with van der Waals surface area (Å²) >= 11 is 0. The average Bonchev–Trinajstić information content (AvgIpc) is 2.58. The number of hydrogen-bond donors (Lipinski definition) is 1. The van der Waals surface area contributed by atoms with E-state index in [4.69, 9.17) is 5.73 Å². The molecule has 1 heterocycles. The minimum Gasteiger partial charge on any atom is -0.378 e. The van der Waals surface area contributed by atoms with Crippen LogP contribution in [-0.4, -0.2) is 32.6 Å². The first-order valence-electron chi connectivity index (χ1n) is 5.41. The van der Waals surface area contributed by atoms with Crippen molar-refractivity contribution in [3.05, 3.63) is 24.3 Å². The second-order valence-corrected chi connectivity index (χ2v) is 4.38. The van der Waals surface area contributed by atoms with E-state index in [2.05, 4.69) is 0 Å². The van der Waals surface area contributed by atoms with Crippen LogP contribution in [0, 0.1) is 0 Å². The molecule has 4 heteroatoms. The standard InChI is InChI=1S/C12H17N3O/c1-14(2)10-4-3-5-11(7-10)15-8-9(13)6-12(15)16/h3-5,7,9H,6,8,13H2,1-2H3. The molecule has 1 amide bonds. The molecule has 0 spiro atoms. The van der Waals surface area contributed by atoms with Crippen molar-refractivity contribution in [1.29, 1.82) is 0 Å². The summed E-state index contributed by atoms with van der Waals surface area (Å²) in [5, 5.41) is 0. The van der Waals surface area contributed by atoms with E-state index in [1.807, 2.05) is 43.3 Å². The number of carbonyl (C=O) groups is 1. The van der Waals surface area contributed by atoms with Crippen LogP contribution in [0.4, 0.5) is 11.4 Å². The molecule has 1 unspecified atom stereocenters. The van der Waals surface area contributed by atoms with E-state index in [1.54, 1.807) is 4.90 Å². The van der Waals surface area contributed by atoms with Crippen molar-refractivity contribution < 1.29 is 4.79 Å². The highest BCUT2D eigenvalue weighted by Crippen LogP contribution is 2.24. The molecule has 1 aliphatic heterocycles. The second-order valence-electron chi connectivity index (χ2n) is 4.38. The summed E-state index contributed by atoms with van der Waals surface area (Å²) < 4.78 is 0. The highest BCUT2D eigenvalue weighted by molar-refractivity contribution is 5.96. The molecule has 0 aliphatic carbocycles. The second kappa shape index (κ2) is 4.14. The predicted octanol–water partition coefficient (Wildman–Crippen LogP) is 0.817. The van der Waals surface area contributed by atoms with Crippen LogP contribution in [0.5, 0.6) is 0 Å². The number of hydrogen-bond acceptors (Lipinski definition) is 3. The van der Waals surface area contributed by atoms with Crippen molar-refractivity contribution in [2.24, 2.45) is 5.73 Å². The molecule has 1 aliphatic rings. The van der Waals surface area contributed by atoms with Crippen LogP contribution in [0.3, 0.4) is 0 Å². The summed E-state index contributed by atoms with van der Waals surface area (Å²) in [4.78, 5) is 15.5. The molecule has 1 aromatic carbocycles. The topological polar surface area (TPSA) is 49.6 Å². The fourth-order valence-electron chi connectivity index (χ4n) is 1.92. The van der Waals surface area contributed by atoms with Crippen molar-refractivity contribution in [3.63, 3.8) is 0 Å². The fraction of sp³-hybridized carbons (Fsp3) is 0.417. The molecule has 1 saturated heterocycles. The third-order valence-electron chi connectivity index (χ3n) is 2.81. The Bertz CT molecular complexity index is 403. The molecular formula is C12H17N3O. The fourth-order valence-corrected chi connectivity index (χ4v) is 1.92. The lowest BCUT2D eigenvalue weighted by atomic mass is 10.2. The molecule has 86 valence electrons. The number of amides is 1. The molecular weight excluding hydrogens is 202 g/mol. The maximum Gasteiger partial charge on any atom is 0.228 e. The molecule has 0 saturated carbocycles. The molecule has 0 aromatic heterocycles. The SMILES string of the molecule is CN(C)c1cccc(N2CC(N)CC2=O)c1. The van der Waals surface area contributed by atoms with Crippen LogP contribution < -0.4 is 15.5 Å². The molecule has 16 heavy (non-hydrogen) atoms. The van der Waals surface area contributed by atoms with Crippen molar-refractivity contribution in [1.82, 2.24) is 0 Å². The predicted molar refractivity (Wildman–Crippen MR) is 65.7 cm³/mol. The Morgan fingerprint density at radius 2 is 2.19 bits per heavy atom. The van der Waals surface area contributed by atoms with Gasteiger partial charge in [0.25, 0.3) is 0 Å². The van der Waals surface area contributed by atoms with Crippen molar-refractivity contribution in [3.8, 4) is 0 Å². The Morgan fingerprint density at radius 1 is 1.44 bits per heavy atom. The first-order valence-corrected chi connectivity index (χ1v) is 5.41. The maximum absolute atomic E-state index is 11.7. The van der Waals surface area contributed by atoms with Crippen LogP contribution in [-0.2, 0) is 4.79 Å². The zero-order chi connectivity index (χ0) is 11.7. The third-order valence-corrected chi connectivity index (χ3v) is 2.81. The lowest BCUT2D eigenvalue weighted by molar-refractivity contribution is -0.117. The average molecular weight is 219 g/mol. The van der Waals surface area contributed by atoms with Gasteiger partial charge in [0.15, 0.2) is 0 Å². The minimum atomic E-state index is -0.0319. The minimum absolute atomic E-state index is 0.0319. The van der Waals surface area contributed by atoms with Crippen LogP contribution in [0.2, 0.25) is 0 Å². The molecule has 2 rings (SSSR count). The smallest absolute Gasteiger partial charge is 0.228 e. The van der Waals surface area contributed by atoms with Gasteiger partial charge in [0.1, 0.15) is 0 Å². The van der Waals surface area contributed by atoms with Crippen LogP contribution in [0.15, 0.2) is 24.3 Å². The number of rotatable bonds is 2. The zero-order valence-corrected chi connectivity index (χ0v) is 9.68. The summed E-state index contributed by atoms with van der Waals surface area (Å²) in [7, 11) is 3.97. The number of nitrogens with zero attached hydrogens (tertiary/aromatic N) is 2. The quantitative estimate of drug-likeness (QED) is 0.801. The number of anilines is 2. The number of benzene rings is 1. The molecule has 2 N–H and O–H groups in total. The molecule has 0 radical (unpaired) electrons. The van der Waals surface area contributed by atoms with Gasteiger partial charge in [0, 0.05) is 44.5 Å².